The highest BCUT2D eigenvalue weighted by Gasteiger charge is 2.32. The number of benzene rings is 3. The SMILES string of the molecule is CCOc1cc([C@@H]2NC(=O)NC(C)=C2C(=O)OC)ccc1OC[C@H](O)N/N=C/c1cc(Br)ccc1OCc1ccccc1C#N. The van der Waals surface area contributed by atoms with Gasteiger partial charge in [-0.05, 0) is 55.8 Å². The fraction of sp³-hybridized carbons (Fsp3) is 0.250. The number of hydrogen-bond acceptors (Lipinski definition) is 10. The van der Waals surface area contributed by atoms with E-state index < -0.39 is 24.3 Å². The third-order valence-electron chi connectivity index (χ3n) is 6.59. The number of esters is 1. The monoisotopic (exact) mass is 677 g/mol. The van der Waals surface area contributed by atoms with Gasteiger partial charge in [0, 0.05) is 21.3 Å². The number of hydrogen-bond donors (Lipinski definition) is 4. The summed E-state index contributed by atoms with van der Waals surface area (Å²) in [6.07, 6.45) is 0.316. The molecule has 0 radical (unpaired) electrons. The molecule has 0 spiro atoms. The highest BCUT2D eigenvalue weighted by Crippen LogP contribution is 2.35. The molecule has 2 atom stereocenters. The van der Waals surface area contributed by atoms with Crippen molar-refractivity contribution < 1.29 is 33.6 Å². The van der Waals surface area contributed by atoms with Crippen LogP contribution in [0.2, 0.25) is 0 Å². The number of aliphatic hydroxyl groups excluding tert-OH is 1. The summed E-state index contributed by atoms with van der Waals surface area (Å²) in [5, 5.41) is 29.3. The second-order valence-corrected chi connectivity index (χ2v) is 10.6. The highest BCUT2D eigenvalue weighted by molar-refractivity contribution is 9.10. The van der Waals surface area contributed by atoms with Crippen molar-refractivity contribution in [2.45, 2.75) is 32.7 Å². The summed E-state index contributed by atoms with van der Waals surface area (Å²) in [6.45, 7) is 3.76. The minimum atomic E-state index is -1.19. The molecule has 0 aromatic heterocycles. The van der Waals surface area contributed by atoms with E-state index in [0.717, 1.165) is 10.0 Å². The Hall–Kier alpha value is -5.06. The number of carbonyl (C=O) groups excluding carboxylic acids is 2. The fourth-order valence-electron chi connectivity index (χ4n) is 4.48. The second kappa shape index (κ2) is 15.6. The van der Waals surface area contributed by atoms with Crippen molar-refractivity contribution in [3.63, 3.8) is 0 Å². The minimum absolute atomic E-state index is 0.181. The first-order valence-electron chi connectivity index (χ1n) is 13.9. The molecule has 0 fully saturated rings. The van der Waals surface area contributed by atoms with Gasteiger partial charge in [-0.15, -0.1) is 0 Å². The Balaban J connectivity index is 1.41. The van der Waals surface area contributed by atoms with Crippen LogP contribution in [0.15, 0.2) is 81.5 Å². The Labute approximate surface area is 268 Å². The average Bonchev–Trinajstić information content (AvgIpc) is 3.03. The molecule has 0 saturated heterocycles. The molecule has 3 aromatic carbocycles. The zero-order valence-electron chi connectivity index (χ0n) is 24.8. The van der Waals surface area contributed by atoms with Gasteiger partial charge in [-0.2, -0.15) is 10.4 Å². The van der Waals surface area contributed by atoms with Crippen LogP contribution < -0.4 is 30.3 Å². The number of ether oxygens (including phenoxy) is 4. The predicted molar refractivity (Wildman–Crippen MR) is 169 cm³/mol. The molecule has 0 saturated carbocycles. The van der Waals surface area contributed by atoms with E-state index in [-0.39, 0.29) is 18.8 Å². The Bertz CT molecular complexity index is 1650. The van der Waals surface area contributed by atoms with Gasteiger partial charge < -0.3 is 34.7 Å². The van der Waals surface area contributed by atoms with E-state index in [9.17, 15) is 20.0 Å². The number of nitriles is 1. The Kier molecular flexibility index (Phi) is 11.4. The molecule has 1 aliphatic heterocycles. The topological polar surface area (TPSA) is 164 Å². The largest absolute Gasteiger partial charge is 0.490 e. The van der Waals surface area contributed by atoms with E-state index in [1.54, 1.807) is 50.2 Å². The number of urea groups is 1. The summed E-state index contributed by atoms with van der Waals surface area (Å²) < 4.78 is 23.3. The maximum atomic E-state index is 12.5. The summed E-state index contributed by atoms with van der Waals surface area (Å²) in [7, 11) is 1.27. The molecule has 3 aromatic rings. The van der Waals surface area contributed by atoms with Crippen LogP contribution in [-0.4, -0.2) is 49.9 Å². The lowest BCUT2D eigenvalue weighted by Gasteiger charge is -2.28. The van der Waals surface area contributed by atoms with Crippen molar-refractivity contribution in [2.24, 2.45) is 5.10 Å². The van der Waals surface area contributed by atoms with Crippen molar-refractivity contribution >= 4 is 34.1 Å². The van der Waals surface area contributed by atoms with Crippen LogP contribution in [-0.2, 0) is 16.1 Å². The van der Waals surface area contributed by atoms with Crippen LogP contribution >= 0.6 is 15.9 Å². The number of allylic oxidation sites excluding steroid dienone is 1. The lowest BCUT2D eigenvalue weighted by molar-refractivity contribution is -0.136. The van der Waals surface area contributed by atoms with Crippen LogP contribution in [0, 0.1) is 11.3 Å². The van der Waals surface area contributed by atoms with Crippen molar-refractivity contribution in [2.75, 3.05) is 20.3 Å². The van der Waals surface area contributed by atoms with Gasteiger partial charge in [0.1, 0.15) is 19.0 Å². The zero-order valence-corrected chi connectivity index (χ0v) is 26.4. The highest BCUT2D eigenvalue weighted by atomic mass is 79.9. The molecule has 1 aliphatic rings. The minimum Gasteiger partial charge on any atom is -0.490 e. The lowest BCUT2D eigenvalue weighted by atomic mass is 9.95. The van der Waals surface area contributed by atoms with E-state index in [2.05, 4.69) is 43.2 Å². The van der Waals surface area contributed by atoms with E-state index in [4.69, 9.17) is 18.9 Å². The van der Waals surface area contributed by atoms with Crippen LogP contribution in [0.5, 0.6) is 17.2 Å². The number of carbonyl (C=O) groups is 2. The first-order chi connectivity index (χ1) is 21.7. The van der Waals surface area contributed by atoms with Crippen LogP contribution in [0.3, 0.4) is 0 Å². The lowest BCUT2D eigenvalue weighted by Crippen LogP contribution is -2.45. The van der Waals surface area contributed by atoms with E-state index in [0.29, 0.717) is 46.2 Å². The fourth-order valence-corrected chi connectivity index (χ4v) is 4.86. The first kappa shape index (κ1) is 32.8. The third kappa shape index (κ3) is 8.53. The van der Waals surface area contributed by atoms with Crippen molar-refractivity contribution in [1.29, 1.82) is 5.26 Å². The number of nitrogens with one attached hydrogen (secondary N) is 3. The molecule has 1 heterocycles. The van der Waals surface area contributed by atoms with Crippen molar-refractivity contribution in [3.8, 4) is 23.3 Å². The maximum absolute atomic E-state index is 12.5. The Morgan fingerprint density at radius 3 is 2.67 bits per heavy atom. The molecule has 234 valence electrons. The molecule has 45 heavy (non-hydrogen) atoms. The molecule has 0 unspecified atom stereocenters. The number of aliphatic hydroxyl groups is 1. The molecular formula is C32H32BrN5O7. The van der Waals surface area contributed by atoms with Gasteiger partial charge in [0.15, 0.2) is 17.7 Å². The molecule has 12 nitrogen and oxygen atoms in total. The molecular weight excluding hydrogens is 646 g/mol. The predicted octanol–water partition coefficient (Wildman–Crippen LogP) is 4.42. The molecule has 0 bridgehead atoms. The number of hydrazone groups is 1. The van der Waals surface area contributed by atoms with Crippen molar-refractivity contribution in [3.05, 3.63) is 98.7 Å². The summed E-state index contributed by atoms with van der Waals surface area (Å²) in [5.74, 6) is 0.651. The normalized spacial score (nSPS) is 15.0. The zero-order chi connectivity index (χ0) is 32.3. The summed E-state index contributed by atoms with van der Waals surface area (Å²) in [6, 6.07) is 18.5. The molecule has 13 heteroatoms. The first-order valence-corrected chi connectivity index (χ1v) is 14.7. The van der Waals surface area contributed by atoms with Gasteiger partial charge in [0.05, 0.1) is 43.2 Å². The van der Waals surface area contributed by atoms with Crippen molar-refractivity contribution in [1.82, 2.24) is 16.1 Å². The number of nitrogens with zero attached hydrogens (tertiary/aromatic N) is 2. The number of halogens is 1. The molecule has 0 aliphatic carbocycles. The maximum Gasteiger partial charge on any atom is 0.337 e. The summed E-state index contributed by atoms with van der Waals surface area (Å²) in [4.78, 5) is 24.6. The van der Waals surface area contributed by atoms with E-state index >= 15 is 0 Å². The van der Waals surface area contributed by atoms with Crippen LogP contribution in [0.4, 0.5) is 4.79 Å². The van der Waals surface area contributed by atoms with Crippen LogP contribution in [0.1, 0.15) is 42.1 Å². The molecule has 2 amide bonds. The van der Waals surface area contributed by atoms with Gasteiger partial charge in [-0.1, -0.05) is 40.2 Å². The van der Waals surface area contributed by atoms with E-state index in [1.165, 1.54) is 13.3 Å². The van der Waals surface area contributed by atoms with Gasteiger partial charge in [-0.3, -0.25) is 5.43 Å². The second-order valence-electron chi connectivity index (χ2n) is 9.65. The van der Waals surface area contributed by atoms with E-state index in [1.807, 2.05) is 24.3 Å². The van der Waals surface area contributed by atoms with Gasteiger partial charge in [0.2, 0.25) is 0 Å². The summed E-state index contributed by atoms with van der Waals surface area (Å²) in [5.41, 5.74) is 5.77. The Morgan fingerprint density at radius 1 is 1.13 bits per heavy atom. The van der Waals surface area contributed by atoms with Gasteiger partial charge in [0.25, 0.3) is 0 Å². The van der Waals surface area contributed by atoms with Gasteiger partial charge >= 0.3 is 12.0 Å². The number of methoxy groups -OCH3 is 1. The number of rotatable bonds is 13. The molecule has 4 rings (SSSR count). The third-order valence-corrected chi connectivity index (χ3v) is 7.09. The smallest absolute Gasteiger partial charge is 0.337 e. The Morgan fingerprint density at radius 2 is 1.91 bits per heavy atom. The standard InChI is InChI=1S/C32H32BrN5O7/c1-4-43-27-14-20(30-29(31(40)42-3)19(2)36-32(41)37-30)9-11-26(27)45-18-28(39)38-35-16-23-13-24(33)10-12-25(23)44-17-22-8-6-5-7-21(22)15-34/h5-14,16,28,30,38-39H,4,17-18H2,1-3H3,(H2,36,37,41)/b35-16+/t28-,30-/m0/s1. The average molecular weight is 679 g/mol. The summed E-state index contributed by atoms with van der Waals surface area (Å²) >= 11 is 3.45. The molecule has 4 N–H and O–H groups in total. The quantitative estimate of drug-likeness (QED) is 0.0887. The van der Waals surface area contributed by atoms with Gasteiger partial charge in [-0.25, -0.2) is 9.59 Å². The van der Waals surface area contributed by atoms with Crippen LogP contribution in [0.25, 0.3) is 0 Å². The number of amides is 2.